The van der Waals surface area contributed by atoms with E-state index in [4.69, 9.17) is 9.47 Å². The number of hydrogen-bond donors (Lipinski definition) is 0. The largest absolute Gasteiger partial charge is 0.381 e. The molecule has 0 radical (unpaired) electrons. The first kappa shape index (κ1) is 18.9. The molecule has 0 amide bonds. The van der Waals surface area contributed by atoms with E-state index in [1.807, 2.05) is 23.6 Å². The second-order valence-corrected chi connectivity index (χ2v) is 6.77. The van der Waals surface area contributed by atoms with Crippen LogP contribution in [0.3, 0.4) is 0 Å². The van der Waals surface area contributed by atoms with Crippen LogP contribution in [0, 0.1) is 22.0 Å². The molecule has 2 rings (SSSR count). The Balaban J connectivity index is 2.12. The van der Waals surface area contributed by atoms with Gasteiger partial charge < -0.3 is 19.3 Å². The number of nitrogens with zero attached hydrogens (tertiary/aromatic N) is 4. The zero-order chi connectivity index (χ0) is 17.7. The lowest BCUT2D eigenvalue weighted by atomic mass is 9.98. The normalized spacial score (nSPS) is 28.6. The Morgan fingerprint density at radius 1 is 1.38 bits per heavy atom. The van der Waals surface area contributed by atoms with E-state index in [-0.39, 0.29) is 12.3 Å². The van der Waals surface area contributed by atoms with Gasteiger partial charge >= 0.3 is 0 Å². The Morgan fingerprint density at radius 3 is 2.67 bits per heavy atom. The third-order valence-corrected chi connectivity index (χ3v) is 4.96. The number of hydrazone groups is 1. The molecule has 0 saturated carbocycles. The molecule has 0 aliphatic carbocycles. The van der Waals surface area contributed by atoms with Crippen molar-refractivity contribution < 1.29 is 14.5 Å². The minimum absolute atomic E-state index is 0.115. The van der Waals surface area contributed by atoms with Gasteiger partial charge in [0.15, 0.2) is 5.03 Å². The minimum Gasteiger partial charge on any atom is -0.381 e. The van der Waals surface area contributed by atoms with Crippen LogP contribution >= 0.6 is 0 Å². The van der Waals surface area contributed by atoms with Crippen molar-refractivity contribution in [3.63, 3.8) is 0 Å². The molecule has 4 unspecified atom stereocenters. The van der Waals surface area contributed by atoms with Crippen LogP contribution in [0.5, 0.6) is 0 Å². The fourth-order valence-electron chi connectivity index (χ4n) is 3.23. The molecule has 0 spiro atoms. The summed E-state index contributed by atoms with van der Waals surface area (Å²) in [6.07, 6.45) is 1.61. The minimum atomic E-state index is -0.606. The van der Waals surface area contributed by atoms with Gasteiger partial charge in [0.2, 0.25) is 0 Å². The molecule has 8 heteroatoms. The highest BCUT2D eigenvalue weighted by atomic mass is 16.7. The molecule has 8 nitrogen and oxygen atoms in total. The second-order valence-electron chi connectivity index (χ2n) is 6.77. The summed E-state index contributed by atoms with van der Waals surface area (Å²) in [5, 5.41) is 14.1. The number of guanidine groups is 1. The first-order valence-corrected chi connectivity index (χ1v) is 8.94. The van der Waals surface area contributed by atoms with Gasteiger partial charge in [-0.15, -0.1) is 0 Å². The van der Waals surface area contributed by atoms with Crippen molar-refractivity contribution in [3.05, 3.63) is 10.1 Å². The number of nitro groups is 1. The van der Waals surface area contributed by atoms with E-state index >= 15 is 0 Å². The maximum atomic E-state index is 11.0. The summed E-state index contributed by atoms with van der Waals surface area (Å²) in [5.74, 6) is 1.28. The van der Waals surface area contributed by atoms with E-state index in [1.54, 1.807) is 0 Å². The third kappa shape index (κ3) is 4.57. The first-order valence-electron chi connectivity index (χ1n) is 8.94. The van der Waals surface area contributed by atoms with Crippen LogP contribution < -0.4 is 0 Å². The van der Waals surface area contributed by atoms with Gasteiger partial charge in [-0.2, -0.15) is 0 Å². The lowest BCUT2D eigenvalue weighted by Crippen LogP contribution is -2.44. The average Bonchev–Trinajstić information content (AvgIpc) is 3.12. The van der Waals surface area contributed by atoms with Crippen LogP contribution in [0.15, 0.2) is 5.10 Å². The average molecular weight is 342 g/mol. The molecule has 24 heavy (non-hydrogen) atoms. The molecule has 0 bridgehead atoms. The van der Waals surface area contributed by atoms with Crippen LogP contribution in [0.25, 0.3) is 0 Å². The highest BCUT2D eigenvalue weighted by molar-refractivity contribution is 5.81. The summed E-state index contributed by atoms with van der Waals surface area (Å²) in [7, 11) is 0. The summed E-state index contributed by atoms with van der Waals surface area (Å²) in [5.41, 5.74) is 0. The lowest BCUT2D eigenvalue weighted by molar-refractivity contribution is -0.486. The third-order valence-electron chi connectivity index (χ3n) is 4.96. The predicted octanol–water partition coefficient (Wildman–Crippen LogP) is 1.99. The Morgan fingerprint density at radius 2 is 2.12 bits per heavy atom. The van der Waals surface area contributed by atoms with Gasteiger partial charge in [-0.1, -0.05) is 20.8 Å². The predicted molar refractivity (Wildman–Crippen MR) is 91.1 cm³/mol. The zero-order valence-electron chi connectivity index (χ0n) is 15.2. The van der Waals surface area contributed by atoms with Crippen molar-refractivity contribution >= 4 is 5.96 Å². The summed E-state index contributed by atoms with van der Waals surface area (Å²) in [4.78, 5) is 15.0. The van der Waals surface area contributed by atoms with Gasteiger partial charge in [0.1, 0.15) is 11.3 Å². The lowest BCUT2D eigenvalue weighted by Gasteiger charge is -2.31. The summed E-state index contributed by atoms with van der Waals surface area (Å²) >= 11 is 0. The molecule has 4 atom stereocenters. The molecule has 0 aromatic carbocycles. The van der Waals surface area contributed by atoms with Crippen molar-refractivity contribution in [2.75, 3.05) is 32.8 Å². The molecule has 2 heterocycles. The summed E-state index contributed by atoms with van der Waals surface area (Å²) < 4.78 is 11.6. The maximum absolute atomic E-state index is 11.0. The summed E-state index contributed by atoms with van der Waals surface area (Å²) in [6, 6.07) is 0. The fraction of sp³-hybridized carbons (Fsp3) is 0.938. The smallest absolute Gasteiger partial charge is 0.276 e. The molecular formula is C16H30N4O4. The van der Waals surface area contributed by atoms with Crippen LogP contribution in [0.1, 0.15) is 40.5 Å². The molecule has 2 aliphatic rings. The van der Waals surface area contributed by atoms with Gasteiger partial charge in [-0.25, -0.2) is 10.1 Å². The molecule has 138 valence electrons. The van der Waals surface area contributed by atoms with Gasteiger partial charge in [-0.3, -0.25) is 0 Å². The molecule has 2 saturated heterocycles. The Labute approximate surface area is 143 Å². The van der Waals surface area contributed by atoms with Crippen molar-refractivity contribution in [2.24, 2.45) is 16.9 Å². The van der Waals surface area contributed by atoms with Crippen molar-refractivity contribution in [3.8, 4) is 0 Å². The SMILES string of the molecule is CCC(C)OC(CC)N1CCN(CC2COCC2C)C1=N[N+](=O)[O-]. The van der Waals surface area contributed by atoms with Crippen LogP contribution in [0.2, 0.25) is 0 Å². The maximum Gasteiger partial charge on any atom is 0.276 e. The van der Waals surface area contributed by atoms with Crippen molar-refractivity contribution in [1.29, 1.82) is 0 Å². The van der Waals surface area contributed by atoms with E-state index in [2.05, 4.69) is 18.9 Å². The van der Waals surface area contributed by atoms with Crippen LogP contribution in [0.4, 0.5) is 0 Å². The van der Waals surface area contributed by atoms with Gasteiger partial charge in [0, 0.05) is 32.2 Å². The quantitative estimate of drug-likeness (QED) is 0.496. The fourth-order valence-corrected chi connectivity index (χ4v) is 3.23. The molecule has 2 aliphatic heterocycles. The Bertz CT molecular complexity index is 459. The van der Waals surface area contributed by atoms with E-state index in [0.29, 0.717) is 30.9 Å². The zero-order valence-corrected chi connectivity index (χ0v) is 15.2. The number of ether oxygens (including phenoxy) is 2. The van der Waals surface area contributed by atoms with E-state index in [0.717, 1.165) is 32.5 Å². The topological polar surface area (TPSA) is 80.4 Å². The highest BCUT2D eigenvalue weighted by Crippen LogP contribution is 2.25. The van der Waals surface area contributed by atoms with Gasteiger partial charge in [-0.05, 0) is 25.7 Å². The monoisotopic (exact) mass is 342 g/mol. The molecule has 0 N–H and O–H groups in total. The van der Waals surface area contributed by atoms with E-state index in [9.17, 15) is 10.1 Å². The summed E-state index contributed by atoms with van der Waals surface area (Å²) in [6.45, 7) is 11.9. The van der Waals surface area contributed by atoms with Crippen molar-refractivity contribution in [2.45, 2.75) is 52.9 Å². The Hall–Kier alpha value is -1.41. The molecular weight excluding hydrogens is 312 g/mol. The van der Waals surface area contributed by atoms with Gasteiger partial charge in [0.05, 0.1) is 12.7 Å². The standard InChI is InChI=1S/C16H30N4O4/c1-5-13(4)24-15(6-2)19-8-7-18(16(19)17-20(21)22)9-14-11-23-10-12(14)3/h12-15H,5-11H2,1-4H3. The number of hydrogen-bond acceptors (Lipinski definition) is 4. The first-order chi connectivity index (χ1) is 11.5. The molecule has 0 aromatic heterocycles. The van der Waals surface area contributed by atoms with Gasteiger partial charge in [0.25, 0.3) is 5.96 Å². The second kappa shape index (κ2) is 8.62. The van der Waals surface area contributed by atoms with Crippen LogP contribution in [-0.2, 0) is 9.47 Å². The molecule has 0 aromatic rings. The number of rotatable bonds is 8. The van der Waals surface area contributed by atoms with E-state index < -0.39 is 5.03 Å². The van der Waals surface area contributed by atoms with Crippen molar-refractivity contribution in [1.82, 2.24) is 9.80 Å². The molecule has 2 fully saturated rings. The highest BCUT2D eigenvalue weighted by Gasteiger charge is 2.37. The van der Waals surface area contributed by atoms with E-state index in [1.165, 1.54) is 0 Å². The Kier molecular flexibility index (Phi) is 6.79. The van der Waals surface area contributed by atoms with Crippen LogP contribution in [-0.4, -0.2) is 66.0 Å².